The van der Waals surface area contributed by atoms with Crippen molar-refractivity contribution >= 4 is 21.8 Å². The molecule has 1 rings (SSSR count). The Hall–Kier alpha value is -0.900. The first-order valence-electron chi connectivity index (χ1n) is 5.34. The van der Waals surface area contributed by atoms with E-state index in [9.17, 15) is 4.79 Å². The normalized spacial score (nSPS) is 14.2. The highest BCUT2D eigenvalue weighted by molar-refractivity contribution is 9.09. The molecule has 1 N–H and O–H groups in total. The molecule has 2 unspecified atom stereocenters. The van der Waals surface area contributed by atoms with Gasteiger partial charge in [-0.3, -0.25) is 9.78 Å². The van der Waals surface area contributed by atoms with Gasteiger partial charge in [0.25, 0.3) is 5.91 Å². The lowest BCUT2D eigenvalue weighted by Gasteiger charge is -2.19. The Morgan fingerprint density at radius 2 is 2.25 bits per heavy atom. The second kappa shape index (κ2) is 5.99. The zero-order chi connectivity index (χ0) is 12.1. The van der Waals surface area contributed by atoms with Gasteiger partial charge in [-0.05, 0) is 31.9 Å². The molecule has 3 nitrogen and oxygen atoms in total. The Balaban J connectivity index is 2.70. The van der Waals surface area contributed by atoms with Gasteiger partial charge >= 0.3 is 0 Å². The minimum atomic E-state index is -0.0501. The van der Waals surface area contributed by atoms with E-state index in [1.165, 1.54) is 0 Å². The molecule has 4 heteroatoms. The van der Waals surface area contributed by atoms with E-state index in [1.807, 2.05) is 13.8 Å². The summed E-state index contributed by atoms with van der Waals surface area (Å²) < 4.78 is 0. The lowest BCUT2D eigenvalue weighted by Crippen LogP contribution is -2.38. The van der Waals surface area contributed by atoms with Crippen molar-refractivity contribution in [1.82, 2.24) is 10.3 Å². The van der Waals surface area contributed by atoms with Crippen molar-refractivity contribution in [3.8, 4) is 0 Å². The van der Waals surface area contributed by atoms with Crippen molar-refractivity contribution in [2.45, 2.75) is 26.8 Å². The molecule has 1 aromatic heterocycles. The number of alkyl halides is 1. The summed E-state index contributed by atoms with van der Waals surface area (Å²) in [6, 6.07) is 3.72. The highest BCUT2D eigenvalue weighted by Crippen LogP contribution is 2.08. The second-order valence-electron chi connectivity index (χ2n) is 4.03. The van der Waals surface area contributed by atoms with E-state index in [-0.39, 0.29) is 11.9 Å². The Bertz CT molecular complexity index is 368. The minimum Gasteiger partial charge on any atom is -0.349 e. The van der Waals surface area contributed by atoms with Gasteiger partial charge in [0.1, 0.15) is 0 Å². The van der Waals surface area contributed by atoms with Crippen LogP contribution in [0.3, 0.4) is 0 Å². The predicted octanol–water partition coefficient (Wildman–Crippen LogP) is 2.54. The average Bonchev–Trinajstić information content (AvgIpc) is 2.28. The van der Waals surface area contributed by atoms with Gasteiger partial charge in [-0.15, -0.1) is 0 Å². The summed E-state index contributed by atoms with van der Waals surface area (Å²) in [5, 5.41) is 3.85. The molecule has 0 aliphatic carbocycles. The fraction of sp³-hybridized carbons (Fsp3) is 0.500. The minimum absolute atomic E-state index is 0.0501. The van der Waals surface area contributed by atoms with Crippen LogP contribution in [0.15, 0.2) is 18.3 Å². The van der Waals surface area contributed by atoms with E-state index in [0.29, 0.717) is 11.5 Å². The lowest BCUT2D eigenvalue weighted by molar-refractivity contribution is 0.0930. The maximum absolute atomic E-state index is 11.9. The van der Waals surface area contributed by atoms with Crippen molar-refractivity contribution in [2.24, 2.45) is 5.92 Å². The van der Waals surface area contributed by atoms with E-state index >= 15 is 0 Å². The Morgan fingerprint density at radius 1 is 1.56 bits per heavy atom. The van der Waals surface area contributed by atoms with E-state index in [1.54, 1.807) is 18.3 Å². The number of halogens is 1. The van der Waals surface area contributed by atoms with Gasteiger partial charge in [0, 0.05) is 23.3 Å². The first-order chi connectivity index (χ1) is 7.56. The highest BCUT2D eigenvalue weighted by Gasteiger charge is 2.16. The molecule has 0 aliphatic rings. The van der Waals surface area contributed by atoms with Crippen LogP contribution in [0.25, 0.3) is 0 Å². The number of hydrogen-bond acceptors (Lipinski definition) is 2. The summed E-state index contributed by atoms with van der Waals surface area (Å²) in [5.41, 5.74) is 1.41. The molecular weight excluding hydrogens is 268 g/mol. The molecule has 0 fully saturated rings. The van der Waals surface area contributed by atoms with Gasteiger partial charge < -0.3 is 5.32 Å². The fourth-order valence-corrected chi connectivity index (χ4v) is 1.85. The molecule has 2 atom stereocenters. The highest BCUT2D eigenvalue weighted by atomic mass is 79.9. The van der Waals surface area contributed by atoms with Gasteiger partial charge in [-0.1, -0.05) is 22.9 Å². The van der Waals surface area contributed by atoms with Crippen LogP contribution in [0.5, 0.6) is 0 Å². The van der Waals surface area contributed by atoms with Crippen LogP contribution in [0.2, 0.25) is 0 Å². The van der Waals surface area contributed by atoms with Crippen molar-refractivity contribution in [3.05, 3.63) is 29.6 Å². The molecule has 0 aromatic carbocycles. The van der Waals surface area contributed by atoms with Crippen molar-refractivity contribution in [3.63, 3.8) is 0 Å². The number of pyridine rings is 1. The molecule has 0 saturated heterocycles. The Kier molecular flexibility index (Phi) is 4.93. The molecule has 1 heterocycles. The molecule has 0 spiro atoms. The number of aryl methyl sites for hydroxylation is 1. The van der Waals surface area contributed by atoms with Crippen LogP contribution >= 0.6 is 15.9 Å². The number of nitrogens with zero attached hydrogens (tertiary/aromatic N) is 1. The van der Waals surface area contributed by atoms with Gasteiger partial charge in [-0.25, -0.2) is 0 Å². The number of aromatic nitrogens is 1. The lowest BCUT2D eigenvalue weighted by atomic mass is 10.1. The first-order valence-corrected chi connectivity index (χ1v) is 6.46. The summed E-state index contributed by atoms with van der Waals surface area (Å²) >= 11 is 3.41. The predicted molar refractivity (Wildman–Crippen MR) is 68.9 cm³/mol. The first kappa shape index (κ1) is 13.2. The Labute approximate surface area is 105 Å². The van der Waals surface area contributed by atoms with E-state index < -0.39 is 0 Å². The van der Waals surface area contributed by atoms with Crippen molar-refractivity contribution < 1.29 is 4.79 Å². The second-order valence-corrected chi connectivity index (χ2v) is 4.68. The SMILES string of the molecule is Cc1ncccc1C(=O)NC(C)C(C)CBr. The quantitative estimate of drug-likeness (QED) is 0.864. The summed E-state index contributed by atoms with van der Waals surface area (Å²) in [7, 11) is 0. The van der Waals surface area contributed by atoms with Gasteiger partial charge in [0.2, 0.25) is 0 Å². The van der Waals surface area contributed by atoms with Crippen LogP contribution in [-0.4, -0.2) is 22.3 Å². The molecule has 0 aliphatic heterocycles. The van der Waals surface area contributed by atoms with Crippen LogP contribution in [-0.2, 0) is 0 Å². The zero-order valence-corrected chi connectivity index (χ0v) is 11.4. The van der Waals surface area contributed by atoms with E-state index in [2.05, 4.69) is 33.2 Å². The van der Waals surface area contributed by atoms with Crippen molar-refractivity contribution in [1.29, 1.82) is 0 Å². The largest absolute Gasteiger partial charge is 0.349 e. The summed E-state index contributed by atoms with van der Waals surface area (Å²) in [6.45, 7) is 5.94. The zero-order valence-electron chi connectivity index (χ0n) is 9.83. The Morgan fingerprint density at radius 3 is 2.81 bits per heavy atom. The summed E-state index contributed by atoms with van der Waals surface area (Å²) in [6.07, 6.45) is 1.69. The number of nitrogens with one attached hydrogen (secondary N) is 1. The molecule has 16 heavy (non-hydrogen) atoms. The number of carbonyl (C=O) groups is 1. The van der Waals surface area contributed by atoms with Crippen LogP contribution in [0, 0.1) is 12.8 Å². The maximum atomic E-state index is 11.9. The third-order valence-corrected chi connectivity index (χ3v) is 3.73. The topological polar surface area (TPSA) is 42.0 Å². The molecule has 1 aromatic rings. The number of rotatable bonds is 4. The fourth-order valence-electron chi connectivity index (χ4n) is 1.28. The molecule has 1 amide bonds. The molecule has 0 radical (unpaired) electrons. The average molecular weight is 285 g/mol. The summed E-state index contributed by atoms with van der Waals surface area (Å²) in [5.74, 6) is 0.354. The van der Waals surface area contributed by atoms with E-state index in [4.69, 9.17) is 0 Å². The van der Waals surface area contributed by atoms with Crippen LogP contribution in [0.4, 0.5) is 0 Å². The maximum Gasteiger partial charge on any atom is 0.253 e. The van der Waals surface area contributed by atoms with Gasteiger partial charge in [-0.2, -0.15) is 0 Å². The summed E-state index contributed by atoms with van der Waals surface area (Å²) in [4.78, 5) is 16.0. The van der Waals surface area contributed by atoms with Gasteiger partial charge in [0.15, 0.2) is 0 Å². The van der Waals surface area contributed by atoms with Crippen LogP contribution in [0.1, 0.15) is 29.9 Å². The third-order valence-electron chi connectivity index (χ3n) is 2.71. The number of hydrogen-bond donors (Lipinski definition) is 1. The van der Waals surface area contributed by atoms with Gasteiger partial charge in [0.05, 0.1) is 5.56 Å². The molecule has 88 valence electrons. The number of amides is 1. The smallest absolute Gasteiger partial charge is 0.253 e. The molecule has 0 saturated carbocycles. The van der Waals surface area contributed by atoms with Crippen LogP contribution < -0.4 is 5.32 Å². The standard InChI is InChI=1S/C12H17BrN2O/c1-8(7-13)9(2)15-12(16)11-5-4-6-14-10(11)3/h4-6,8-9H,7H2,1-3H3,(H,15,16). The van der Waals surface area contributed by atoms with E-state index in [0.717, 1.165) is 11.0 Å². The van der Waals surface area contributed by atoms with Crippen molar-refractivity contribution in [2.75, 3.05) is 5.33 Å². The number of carbonyl (C=O) groups excluding carboxylic acids is 1. The third kappa shape index (κ3) is 3.30. The molecular formula is C12H17BrN2O. The molecule has 0 bridgehead atoms. The monoisotopic (exact) mass is 284 g/mol.